The first-order valence-electron chi connectivity index (χ1n) is 6.62. The highest BCUT2D eigenvalue weighted by Crippen LogP contribution is 2.24. The zero-order valence-corrected chi connectivity index (χ0v) is 11.5. The first-order chi connectivity index (χ1) is 10.0. The van der Waals surface area contributed by atoms with Crippen LogP contribution in [0.4, 0.5) is 0 Å². The van der Waals surface area contributed by atoms with E-state index in [0.717, 1.165) is 0 Å². The Morgan fingerprint density at radius 2 is 1.81 bits per heavy atom. The molecule has 5 atom stereocenters. The van der Waals surface area contributed by atoms with Gasteiger partial charge in [-0.15, -0.1) is 0 Å². The molecule has 7 heteroatoms. The zero-order valence-electron chi connectivity index (χ0n) is 11.5. The van der Waals surface area contributed by atoms with Crippen LogP contribution in [0.25, 0.3) is 0 Å². The van der Waals surface area contributed by atoms with Crippen LogP contribution in [0.5, 0.6) is 5.75 Å². The first-order valence-corrected chi connectivity index (χ1v) is 6.62. The fourth-order valence-electron chi connectivity index (χ4n) is 2.00. The second-order valence-electron chi connectivity index (χ2n) is 4.58. The molecule has 1 fully saturated rings. The fourth-order valence-corrected chi connectivity index (χ4v) is 2.00. The molecule has 1 saturated heterocycles. The van der Waals surface area contributed by atoms with E-state index in [2.05, 4.69) is 0 Å². The van der Waals surface area contributed by atoms with E-state index in [1.165, 1.54) is 0 Å². The van der Waals surface area contributed by atoms with E-state index in [-0.39, 0.29) is 6.61 Å². The Morgan fingerprint density at radius 1 is 1.14 bits per heavy atom. The van der Waals surface area contributed by atoms with Crippen LogP contribution in [0.15, 0.2) is 30.3 Å². The molecule has 1 aromatic rings. The smallest absolute Gasteiger partial charge is 0.338 e. The molecule has 0 spiro atoms. The molecule has 1 aromatic carbocycles. The van der Waals surface area contributed by atoms with Crippen LogP contribution in [0, 0.1) is 0 Å². The van der Waals surface area contributed by atoms with Gasteiger partial charge < -0.3 is 29.5 Å². The molecular formula is C14H18O7. The predicted molar refractivity (Wildman–Crippen MR) is 70.4 cm³/mol. The van der Waals surface area contributed by atoms with Crippen LogP contribution in [-0.4, -0.2) is 58.6 Å². The van der Waals surface area contributed by atoms with Gasteiger partial charge in [0.05, 0.1) is 6.61 Å². The summed E-state index contributed by atoms with van der Waals surface area (Å²) >= 11 is 0. The fraction of sp³-hybridized carbons (Fsp3) is 0.500. The predicted octanol–water partition coefficient (Wildman–Crippen LogP) is -0.564. The van der Waals surface area contributed by atoms with Crippen LogP contribution in [0.2, 0.25) is 0 Å². The summed E-state index contributed by atoms with van der Waals surface area (Å²) in [6.45, 7) is 1.71. The van der Waals surface area contributed by atoms with Gasteiger partial charge in [-0.25, -0.2) is 4.79 Å². The molecule has 1 aliphatic rings. The van der Waals surface area contributed by atoms with Gasteiger partial charge in [-0.05, 0) is 19.1 Å². The Morgan fingerprint density at radius 3 is 2.43 bits per heavy atom. The second-order valence-corrected chi connectivity index (χ2v) is 4.58. The van der Waals surface area contributed by atoms with Gasteiger partial charge >= 0.3 is 5.97 Å². The number of carbonyl (C=O) groups excluding carboxylic acids is 1. The van der Waals surface area contributed by atoms with E-state index >= 15 is 0 Å². The third-order valence-electron chi connectivity index (χ3n) is 3.08. The quantitative estimate of drug-likeness (QED) is 0.640. The molecule has 21 heavy (non-hydrogen) atoms. The topological polar surface area (TPSA) is 105 Å². The van der Waals surface area contributed by atoms with Crippen molar-refractivity contribution in [2.45, 2.75) is 37.6 Å². The highest BCUT2D eigenvalue weighted by atomic mass is 16.7. The molecule has 0 aliphatic carbocycles. The minimum atomic E-state index is -1.59. The number of aliphatic hydroxyl groups excluding tert-OH is 3. The lowest BCUT2D eigenvalue weighted by molar-refractivity contribution is -0.272. The molecule has 1 heterocycles. The molecule has 0 amide bonds. The maximum Gasteiger partial charge on any atom is 0.338 e. The number of esters is 1. The molecule has 0 saturated carbocycles. The monoisotopic (exact) mass is 298 g/mol. The number of hydrogen-bond donors (Lipinski definition) is 3. The normalized spacial score (nSPS) is 32.5. The van der Waals surface area contributed by atoms with E-state index in [1.54, 1.807) is 37.3 Å². The molecule has 7 nitrogen and oxygen atoms in total. The lowest BCUT2D eigenvalue weighted by Gasteiger charge is -2.38. The SMILES string of the molecule is CCOC(=O)[C@H]1O[C@@H](Oc2ccccc2)[C@H](O)[C@@H](O)[C@@H]1O. The Kier molecular flexibility index (Phi) is 5.13. The van der Waals surface area contributed by atoms with Gasteiger partial charge in [0.25, 0.3) is 0 Å². The summed E-state index contributed by atoms with van der Waals surface area (Å²) in [7, 11) is 0. The van der Waals surface area contributed by atoms with Crippen LogP contribution in [0.3, 0.4) is 0 Å². The van der Waals surface area contributed by atoms with Crippen LogP contribution in [-0.2, 0) is 14.3 Å². The minimum absolute atomic E-state index is 0.105. The standard InChI is InChI=1S/C14H18O7/c1-2-19-13(18)12-10(16)9(15)11(17)14(21-12)20-8-6-4-3-5-7-8/h3-7,9-12,14-17H,2H2,1H3/t9-,10-,11+,12-,14+/m0/s1. The molecule has 0 bridgehead atoms. The van der Waals surface area contributed by atoms with Gasteiger partial charge in [0.2, 0.25) is 6.29 Å². The van der Waals surface area contributed by atoms with Gasteiger partial charge in [0, 0.05) is 0 Å². The number of ether oxygens (including phenoxy) is 3. The summed E-state index contributed by atoms with van der Waals surface area (Å²) in [5.41, 5.74) is 0. The lowest BCUT2D eigenvalue weighted by Crippen LogP contribution is -2.61. The number of aliphatic hydroxyl groups is 3. The molecule has 116 valence electrons. The average Bonchev–Trinajstić information content (AvgIpc) is 2.49. The maximum atomic E-state index is 11.7. The molecule has 3 N–H and O–H groups in total. The van der Waals surface area contributed by atoms with Gasteiger partial charge in [-0.2, -0.15) is 0 Å². The summed E-state index contributed by atoms with van der Waals surface area (Å²) in [5.74, 6) is -0.426. The number of hydrogen-bond acceptors (Lipinski definition) is 7. The zero-order chi connectivity index (χ0) is 15.4. The van der Waals surface area contributed by atoms with Gasteiger partial charge in [0.15, 0.2) is 6.10 Å². The highest BCUT2D eigenvalue weighted by Gasteiger charge is 2.48. The van der Waals surface area contributed by atoms with Crippen molar-refractivity contribution >= 4 is 5.97 Å². The van der Waals surface area contributed by atoms with Crippen molar-refractivity contribution in [3.63, 3.8) is 0 Å². The number of rotatable bonds is 4. The highest BCUT2D eigenvalue weighted by molar-refractivity contribution is 5.75. The maximum absolute atomic E-state index is 11.7. The molecular weight excluding hydrogens is 280 g/mol. The van der Waals surface area contributed by atoms with Crippen molar-refractivity contribution in [1.82, 2.24) is 0 Å². The van der Waals surface area contributed by atoms with Gasteiger partial charge in [0.1, 0.15) is 24.1 Å². The number of benzene rings is 1. The number of carbonyl (C=O) groups is 1. The largest absolute Gasteiger partial charge is 0.464 e. The average molecular weight is 298 g/mol. The lowest BCUT2D eigenvalue weighted by atomic mass is 9.99. The third kappa shape index (κ3) is 3.51. The van der Waals surface area contributed by atoms with E-state index in [4.69, 9.17) is 14.2 Å². The summed E-state index contributed by atoms with van der Waals surface area (Å²) in [6.07, 6.45) is -7.38. The van der Waals surface area contributed by atoms with E-state index in [1.807, 2.05) is 0 Å². The first kappa shape index (κ1) is 15.7. The Balaban J connectivity index is 2.11. The van der Waals surface area contributed by atoms with Crippen molar-refractivity contribution in [3.8, 4) is 5.75 Å². The third-order valence-corrected chi connectivity index (χ3v) is 3.08. The summed E-state index contributed by atoms with van der Waals surface area (Å²) < 4.78 is 15.4. The second kappa shape index (κ2) is 6.86. The Bertz CT molecular complexity index is 464. The summed E-state index contributed by atoms with van der Waals surface area (Å²) in [4.78, 5) is 11.7. The van der Waals surface area contributed by atoms with Crippen LogP contribution < -0.4 is 4.74 Å². The van der Waals surface area contributed by atoms with Gasteiger partial charge in [-0.3, -0.25) is 0 Å². The van der Waals surface area contributed by atoms with Crippen LogP contribution in [0.1, 0.15) is 6.92 Å². The van der Waals surface area contributed by atoms with E-state index in [9.17, 15) is 20.1 Å². The summed E-state index contributed by atoms with van der Waals surface area (Å²) in [6, 6.07) is 8.49. The van der Waals surface area contributed by atoms with Crippen molar-refractivity contribution in [1.29, 1.82) is 0 Å². The van der Waals surface area contributed by atoms with Crippen LogP contribution >= 0.6 is 0 Å². The Labute approximate surface area is 121 Å². The molecule has 0 radical (unpaired) electrons. The molecule has 0 unspecified atom stereocenters. The van der Waals surface area contributed by atoms with Gasteiger partial charge in [-0.1, -0.05) is 18.2 Å². The number of para-hydroxylation sites is 1. The summed E-state index contributed by atoms with van der Waals surface area (Å²) in [5, 5.41) is 29.5. The minimum Gasteiger partial charge on any atom is -0.464 e. The molecule has 1 aliphatic heterocycles. The molecule has 2 rings (SSSR count). The van der Waals surface area contributed by atoms with Crippen molar-refractivity contribution in [3.05, 3.63) is 30.3 Å². The van der Waals surface area contributed by atoms with Crippen molar-refractivity contribution in [2.75, 3.05) is 6.61 Å². The Hall–Kier alpha value is -1.67. The van der Waals surface area contributed by atoms with E-state index in [0.29, 0.717) is 5.75 Å². The van der Waals surface area contributed by atoms with Crippen molar-refractivity contribution < 1.29 is 34.3 Å². The van der Waals surface area contributed by atoms with E-state index < -0.39 is 36.7 Å². The molecule has 0 aromatic heterocycles. The van der Waals surface area contributed by atoms with Crippen molar-refractivity contribution in [2.24, 2.45) is 0 Å².